The van der Waals surface area contributed by atoms with Crippen LogP contribution >= 0.6 is 0 Å². The first-order chi connectivity index (χ1) is 9.60. The van der Waals surface area contributed by atoms with E-state index in [1.165, 1.54) is 0 Å². The van der Waals surface area contributed by atoms with E-state index in [1.807, 2.05) is 44.3 Å². The molecule has 0 saturated carbocycles. The Bertz CT molecular complexity index is 566. The molecule has 0 aromatic carbocycles. The van der Waals surface area contributed by atoms with Crippen LogP contribution in [0.1, 0.15) is 36.8 Å². The Morgan fingerprint density at radius 1 is 1.30 bits per heavy atom. The van der Waals surface area contributed by atoms with Gasteiger partial charge in [0.1, 0.15) is 5.82 Å². The van der Waals surface area contributed by atoms with Crippen LogP contribution in [0, 0.1) is 6.92 Å². The smallest absolute Gasteiger partial charge is 0.129 e. The average molecular weight is 270 g/mol. The number of nitrogens with zero attached hydrogens (tertiary/aromatic N) is 3. The fourth-order valence-corrected chi connectivity index (χ4v) is 2.13. The number of aryl methyl sites for hydroxylation is 1. The van der Waals surface area contributed by atoms with Crippen LogP contribution in [0.4, 0.5) is 5.82 Å². The van der Waals surface area contributed by atoms with Gasteiger partial charge in [-0.3, -0.25) is 4.98 Å². The summed E-state index contributed by atoms with van der Waals surface area (Å²) in [4.78, 5) is 11.2. The van der Waals surface area contributed by atoms with Crippen molar-refractivity contribution >= 4 is 5.82 Å². The molecule has 0 saturated heterocycles. The minimum atomic E-state index is 0.0209. The Kier molecular flexibility index (Phi) is 4.69. The molecule has 1 unspecified atom stereocenters. The van der Waals surface area contributed by atoms with Gasteiger partial charge >= 0.3 is 0 Å². The SMILES string of the molecule is CCN(Cc1cccc(C)n1)c1cc(C(C)N)ccn1. The summed E-state index contributed by atoms with van der Waals surface area (Å²) in [7, 11) is 0. The number of hydrogen-bond acceptors (Lipinski definition) is 4. The van der Waals surface area contributed by atoms with Gasteiger partial charge in [-0.05, 0) is 50.6 Å². The molecule has 0 aliphatic heterocycles. The normalized spacial score (nSPS) is 12.2. The predicted molar refractivity (Wildman–Crippen MR) is 82.5 cm³/mol. The van der Waals surface area contributed by atoms with E-state index in [0.717, 1.165) is 35.9 Å². The van der Waals surface area contributed by atoms with Crippen molar-refractivity contribution in [3.63, 3.8) is 0 Å². The van der Waals surface area contributed by atoms with Gasteiger partial charge in [0.15, 0.2) is 0 Å². The minimum absolute atomic E-state index is 0.0209. The molecular weight excluding hydrogens is 248 g/mol. The molecule has 2 rings (SSSR count). The van der Waals surface area contributed by atoms with Gasteiger partial charge in [0.05, 0.1) is 12.2 Å². The van der Waals surface area contributed by atoms with Gasteiger partial charge in [-0.2, -0.15) is 0 Å². The molecule has 0 spiro atoms. The Morgan fingerprint density at radius 3 is 2.75 bits per heavy atom. The van der Waals surface area contributed by atoms with Gasteiger partial charge in [-0.15, -0.1) is 0 Å². The monoisotopic (exact) mass is 270 g/mol. The fraction of sp³-hybridized carbons (Fsp3) is 0.375. The summed E-state index contributed by atoms with van der Waals surface area (Å²) in [6, 6.07) is 10.1. The molecule has 0 fully saturated rings. The second-order valence-electron chi connectivity index (χ2n) is 5.02. The van der Waals surface area contributed by atoms with Gasteiger partial charge in [0, 0.05) is 24.5 Å². The fourth-order valence-electron chi connectivity index (χ4n) is 2.13. The van der Waals surface area contributed by atoms with E-state index in [4.69, 9.17) is 5.73 Å². The number of aromatic nitrogens is 2. The van der Waals surface area contributed by atoms with Gasteiger partial charge in [-0.25, -0.2) is 4.98 Å². The molecule has 0 aliphatic rings. The summed E-state index contributed by atoms with van der Waals surface area (Å²) < 4.78 is 0. The quantitative estimate of drug-likeness (QED) is 0.907. The number of hydrogen-bond donors (Lipinski definition) is 1. The van der Waals surface area contributed by atoms with E-state index in [-0.39, 0.29) is 6.04 Å². The highest BCUT2D eigenvalue weighted by atomic mass is 15.2. The molecule has 4 nitrogen and oxygen atoms in total. The van der Waals surface area contributed by atoms with Crippen molar-refractivity contribution in [1.82, 2.24) is 9.97 Å². The molecular formula is C16H22N4. The second-order valence-corrected chi connectivity index (χ2v) is 5.02. The number of anilines is 1. The summed E-state index contributed by atoms with van der Waals surface area (Å²) in [6.45, 7) is 7.75. The van der Waals surface area contributed by atoms with Crippen LogP contribution < -0.4 is 10.6 Å². The molecule has 0 radical (unpaired) electrons. The Morgan fingerprint density at radius 2 is 2.10 bits per heavy atom. The van der Waals surface area contributed by atoms with E-state index in [9.17, 15) is 0 Å². The Balaban J connectivity index is 2.22. The number of rotatable bonds is 5. The van der Waals surface area contributed by atoms with Crippen LogP contribution in [0.3, 0.4) is 0 Å². The van der Waals surface area contributed by atoms with E-state index < -0.39 is 0 Å². The first kappa shape index (κ1) is 14.5. The minimum Gasteiger partial charge on any atom is -0.351 e. The third-order valence-corrected chi connectivity index (χ3v) is 3.30. The van der Waals surface area contributed by atoms with Crippen LogP contribution in [0.15, 0.2) is 36.5 Å². The molecule has 2 aromatic rings. The van der Waals surface area contributed by atoms with Gasteiger partial charge in [-0.1, -0.05) is 6.07 Å². The molecule has 2 aromatic heterocycles. The van der Waals surface area contributed by atoms with Crippen molar-refractivity contribution in [3.05, 3.63) is 53.5 Å². The number of pyridine rings is 2. The van der Waals surface area contributed by atoms with Crippen molar-refractivity contribution < 1.29 is 0 Å². The van der Waals surface area contributed by atoms with Crippen molar-refractivity contribution in [3.8, 4) is 0 Å². The van der Waals surface area contributed by atoms with E-state index in [0.29, 0.717) is 0 Å². The second kappa shape index (κ2) is 6.48. The topological polar surface area (TPSA) is 55.0 Å². The Hall–Kier alpha value is -1.94. The van der Waals surface area contributed by atoms with E-state index in [2.05, 4.69) is 27.9 Å². The zero-order valence-electron chi connectivity index (χ0n) is 12.4. The summed E-state index contributed by atoms with van der Waals surface area (Å²) in [5.41, 5.74) is 9.13. The zero-order chi connectivity index (χ0) is 14.5. The van der Waals surface area contributed by atoms with Crippen LogP contribution in [-0.2, 0) is 6.54 Å². The van der Waals surface area contributed by atoms with Crippen LogP contribution in [0.25, 0.3) is 0 Å². The lowest BCUT2D eigenvalue weighted by Gasteiger charge is -2.22. The standard InChI is InChI=1S/C16H22N4/c1-4-20(11-15-7-5-6-12(2)19-15)16-10-14(13(3)17)8-9-18-16/h5-10,13H,4,11,17H2,1-3H3. The maximum atomic E-state index is 5.94. The van der Waals surface area contributed by atoms with Crippen molar-refractivity contribution in [1.29, 1.82) is 0 Å². The molecule has 4 heteroatoms. The third kappa shape index (κ3) is 3.54. The van der Waals surface area contributed by atoms with Crippen LogP contribution in [0.2, 0.25) is 0 Å². The van der Waals surface area contributed by atoms with Crippen molar-refractivity contribution in [2.75, 3.05) is 11.4 Å². The summed E-state index contributed by atoms with van der Waals surface area (Å²) in [5.74, 6) is 0.950. The molecule has 1 atom stereocenters. The lowest BCUT2D eigenvalue weighted by Crippen LogP contribution is -2.24. The molecule has 20 heavy (non-hydrogen) atoms. The van der Waals surface area contributed by atoms with Gasteiger partial charge in [0.2, 0.25) is 0 Å². The predicted octanol–water partition coefficient (Wildman–Crippen LogP) is 2.83. The molecule has 0 bridgehead atoms. The summed E-state index contributed by atoms with van der Waals surface area (Å²) in [6.07, 6.45) is 1.82. The lowest BCUT2D eigenvalue weighted by molar-refractivity contribution is 0.777. The van der Waals surface area contributed by atoms with Crippen LogP contribution in [-0.4, -0.2) is 16.5 Å². The maximum absolute atomic E-state index is 5.94. The molecule has 0 amide bonds. The maximum Gasteiger partial charge on any atom is 0.129 e. The van der Waals surface area contributed by atoms with Crippen molar-refractivity contribution in [2.45, 2.75) is 33.4 Å². The summed E-state index contributed by atoms with van der Waals surface area (Å²) >= 11 is 0. The van der Waals surface area contributed by atoms with Crippen molar-refractivity contribution in [2.24, 2.45) is 5.73 Å². The first-order valence-electron chi connectivity index (χ1n) is 6.99. The third-order valence-electron chi connectivity index (χ3n) is 3.30. The largest absolute Gasteiger partial charge is 0.351 e. The zero-order valence-corrected chi connectivity index (χ0v) is 12.4. The molecule has 2 N–H and O–H groups in total. The molecule has 0 aliphatic carbocycles. The number of nitrogens with two attached hydrogens (primary N) is 1. The van der Waals surface area contributed by atoms with E-state index in [1.54, 1.807) is 0 Å². The summed E-state index contributed by atoms with van der Waals surface area (Å²) in [5, 5.41) is 0. The molecule has 2 heterocycles. The van der Waals surface area contributed by atoms with Gasteiger partial charge in [0.25, 0.3) is 0 Å². The highest BCUT2D eigenvalue weighted by Gasteiger charge is 2.09. The highest BCUT2D eigenvalue weighted by Crippen LogP contribution is 2.18. The van der Waals surface area contributed by atoms with Gasteiger partial charge < -0.3 is 10.6 Å². The highest BCUT2D eigenvalue weighted by molar-refractivity contribution is 5.42. The first-order valence-corrected chi connectivity index (χ1v) is 6.99. The molecule has 106 valence electrons. The Labute approximate surface area is 120 Å². The van der Waals surface area contributed by atoms with E-state index >= 15 is 0 Å². The lowest BCUT2D eigenvalue weighted by atomic mass is 10.1. The van der Waals surface area contributed by atoms with Crippen LogP contribution in [0.5, 0.6) is 0 Å². The average Bonchev–Trinajstić information content (AvgIpc) is 2.45.